The molecule has 16 bridgehead atoms. The molecule has 0 aromatic carbocycles. The van der Waals surface area contributed by atoms with Gasteiger partial charge in [-0.05, 0) is 0 Å². The molecule has 32 rings (SSSR count). The average molecular weight is 1420 g/mol. The number of ether oxygens (including phenoxy) is 16. The largest absolute Gasteiger partial charge is 0.394 e. The third-order valence-corrected chi connectivity index (χ3v) is 18.9. The lowest BCUT2D eigenvalue weighted by atomic mass is 9.94. The molecule has 0 aliphatic carbocycles. The summed E-state index contributed by atoms with van der Waals surface area (Å²) in [6.45, 7) is -6.85. The predicted molar refractivity (Wildman–Crippen MR) is 300 cm³/mol. The first-order valence-electron chi connectivity index (χ1n) is 31.8. The zero-order chi connectivity index (χ0) is 70.3. The Morgan fingerprint density at radius 1 is 0.184 bits per heavy atom. The number of hydrogen-bond donors (Lipinski definition) is 22. The van der Waals surface area contributed by atoms with Crippen molar-refractivity contribution in [1.29, 1.82) is 0 Å². The van der Waals surface area contributed by atoms with Crippen LogP contribution >= 0.6 is 0 Å². The molecule has 2 aromatic heterocycles. The summed E-state index contributed by atoms with van der Waals surface area (Å²) in [4.78, 5) is 0. The minimum Gasteiger partial charge on any atom is -0.394 e. The van der Waals surface area contributed by atoms with E-state index in [0.717, 1.165) is 0 Å². The van der Waals surface area contributed by atoms with Crippen molar-refractivity contribution in [3.05, 3.63) is 61.2 Å². The summed E-state index contributed by atoms with van der Waals surface area (Å²) in [7, 11) is 0. The maximum absolute atomic E-state index is 12.1. The van der Waals surface area contributed by atoms with Gasteiger partial charge in [-0.25, -0.2) is 9.13 Å². The first kappa shape index (κ1) is 75.9. The monoisotopic (exact) mass is 1420 g/mol. The Morgan fingerprint density at radius 3 is 0.480 bits per heavy atom. The number of aliphatic hydroxyl groups is 22. The van der Waals surface area contributed by atoms with Crippen molar-refractivity contribution in [3.8, 4) is 0 Å². The summed E-state index contributed by atoms with van der Waals surface area (Å²) in [5, 5.41) is 250. The van der Waals surface area contributed by atoms with E-state index in [4.69, 9.17) is 75.8 Å². The second-order valence-electron chi connectivity index (χ2n) is 25.2. The Kier molecular flexibility index (Phi) is 25.4. The molecule has 2 aromatic rings. The summed E-state index contributed by atoms with van der Waals surface area (Å²) in [5.74, 6) is 0. The fourth-order valence-corrected chi connectivity index (χ4v) is 13.4. The standard InChI is InChI=1S/C58H88N2O38/c61-13-21-45-30(70)38(78)54(86-21)95-47-23(15-63)88-56(40(80)32(47)72)97-49-25(17-65)90-58(42(82)34(49)74)98-50-26(18-66)89-57(41(81)33(50)73)96-48-24(16-64)87-55(39(79)31(48)71)94-46-22(14-62)85-53(37(77)29(46)69)92-44-20(12-60-9-5-2-6-10-60)83-51(35(75)27(44)67)91-43-19(11-59-7-3-1-4-8-59)84-52(93-45)36(76)28(43)68/h1-10,19-58,61-82H,11-18H2/q+2/t19-,20+,21-,22+,23-,24+,25-,26+,27-,28+,29-,30-,31-,32+,33-,34-,35-,36-,37-,38-,39-,40+,41-,42+,43-,44-,45-,46-,47-,48-,49-,50-,51-,52-,53-,54-,55-,56-,57-,58-/m1/s1. The Balaban J connectivity index is 0.889. The van der Waals surface area contributed by atoms with Crippen molar-refractivity contribution < 1.29 is 197 Å². The van der Waals surface area contributed by atoms with Crippen LogP contribution in [0.4, 0.5) is 0 Å². The predicted octanol–water partition coefficient (Wildman–Crippen LogP) is -15.4. The van der Waals surface area contributed by atoms with Crippen molar-refractivity contribution in [2.45, 2.75) is 259 Å². The maximum Gasteiger partial charge on any atom is 0.187 e. The topological polar surface area (TPSA) is 601 Å². The van der Waals surface area contributed by atoms with Crippen molar-refractivity contribution in [1.82, 2.24) is 0 Å². The SMILES string of the molecule is OC[C@@H]1O[C@@H]2O[C@H]3[C@H](O)[C@@H](O)[C@@H](O[C@H]4[C@H](O)[C@@H](O)[C@@H](O[C@H]5[C@H](O)[C@@H](O)[C@@H](O[C@H]6[C@@H](O)[C@@H](O)[C@@H](O[C@H]7[C@H](O)[C@@H](O)[C@@H](O[C@H]8[C@@H](O)[C@H](O)[C@@H](O[C@H]9[C@H](O)[C@H](O)[C@@H](O[C@H]1[C@H](O)[C@H]2O)O[C@@H]9CO)O[C@@H]8CO)O[C@@H]7CO)O[C@@H]6C[n+]1ccccc1)O[C@H]5C[n+]1ccccc1)O[C@H]4CO)O[C@H]3CO. The molecule has 30 saturated heterocycles. The summed E-state index contributed by atoms with van der Waals surface area (Å²) >= 11 is 0. The van der Waals surface area contributed by atoms with Gasteiger partial charge in [-0.3, -0.25) is 0 Å². The van der Waals surface area contributed by atoms with Crippen LogP contribution in [0.3, 0.4) is 0 Å². The minimum absolute atomic E-state index is 0.246. The van der Waals surface area contributed by atoms with Crippen LogP contribution in [0, 0.1) is 0 Å². The molecule has 32 heterocycles. The Bertz CT molecular complexity index is 2720. The van der Waals surface area contributed by atoms with Crippen LogP contribution in [-0.4, -0.2) is 398 Å². The molecule has 40 nitrogen and oxygen atoms in total. The highest BCUT2D eigenvalue weighted by Gasteiger charge is 2.61. The van der Waals surface area contributed by atoms with Crippen LogP contribution in [0.5, 0.6) is 0 Å². The molecular formula is C58H88N2O38+2. The van der Waals surface area contributed by atoms with Crippen LogP contribution in [0.2, 0.25) is 0 Å². The third kappa shape index (κ3) is 15.5. The highest BCUT2D eigenvalue weighted by Crippen LogP contribution is 2.40. The smallest absolute Gasteiger partial charge is 0.187 e. The zero-order valence-corrected chi connectivity index (χ0v) is 51.8. The molecule has 22 N–H and O–H groups in total. The molecule has 30 aliphatic rings. The average Bonchev–Trinajstić information content (AvgIpc) is 0.779. The molecule has 98 heavy (non-hydrogen) atoms. The molecule has 40 atom stereocenters. The van der Waals surface area contributed by atoms with Crippen LogP contribution in [0.15, 0.2) is 61.2 Å². The van der Waals surface area contributed by atoms with E-state index in [0.29, 0.717) is 0 Å². The molecule has 40 heteroatoms. The second-order valence-corrected chi connectivity index (χ2v) is 25.2. The molecule has 0 spiro atoms. The van der Waals surface area contributed by atoms with Crippen LogP contribution < -0.4 is 9.13 Å². The second kappa shape index (κ2) is 32.8. The van der Waals surface area contributed by atoms with Gasteiger partial charge in [0, 0.05) is 24.3 Å². The van der Waals surface area contributed by atoms with Crippen molar-refractivity contribution in [2.75, 3.05) is 39.6 Å². The van der Waals surface area contributed by atoms with Gasteiger partial charge in [0.2, 0.25) is 0 Å². The van der Waals surface area contributed by atoms with Crippen molar-refractivity contribution in [3.63, 3.8) is 0 Å². The van der Waals surface area contributed by atoms with E-state index in [2.05, 4.69) is 0 Å². The van der Waals surface area contributed by atoms with Gasteiger partial charge in [-0.2, -0.15) is 0 Å². The molecule has 0 saturated carbocycles. The van der Waals surface area contributed by atoms with Gasteiger partial charge >= 0.3 is 0 Å². The number of pyridine rings is 2. The van der Waals surface area contributed by atoms with E-state index >= 15 is 0 Å². The summed E-state index contributed by atoms with van der Waals surface area (Å²) < 4.78 is 97.9. The molecule has 0 radical (unpaired) electrons. The van der Waals surface area contributed by atoms with E-state index < -0.39 is 285 Å². The van der Waals surface area contributed by atoms with Gasteiger partial charge in [0.05, 0.1) is 39.6 Å². The first-order valence-corrected chi connectivity index (χ1v) is 31.8. The third-order valence-electron chi connectivity index (χ3n) is 18.9. The number of nitrogens with zero attached hydrogens (tertiary/aromatic N) is 2. The first-order chi connectivity index (χ1) is 46.9. The molecule has 30 aliphatic heterocycles. The lowest BCUT2D eigenvalue weighted by Crippen LogP contribution is -2.69. The fraction of sp³-hybridized carbons (Fsp3) is 0.828. The van der Waals surface area contributed by atoms with Gasteiger partial charge in [0.25, 0.3) is 0 Å². The highest BCUT2D eigenvalue weighted by atomic mass is 16.8. The number of aliphatic hydroxyl groups excluding tert-OH is 22. The summed E-state index contributed by atoms with van der Waals surface area (Å²) in [6, 6.07) is 9.88. The number of rotatable bonds is 10. The van der Waals surface area contributed by atoms with Crippen LogP contribution in [0.25, 0.3) is 0 Å². The highest BCUT2D eigenvalue weighted by molar-refractivity contribution is 5.03. The minimum atomic E-state index is -2.24. The van der Waals surface area contributed by atoms with E-state index in [1.54, 1.807) is 70.3 Å². The fourth-order valence-electron chi connectivity index (χ4n) is 13.4. The van der Waals surface area contributed by atoms with Gasteiger partial charge in [0.1, 0.15) is 195 Å². The van der Waals surface area contributed by atoms with Gasteiger partial charge in [0.15, 0.2) is 88.2 Å². The summed E-state index contributed by atoms with van der Waals surface area (Å²) in [5.41, 5.74) is 0. The molecule has 556 valence electrons. The van der Waals surface area contributed by atoms with E-state index in [9.17, 15) is 112 Å². The Morgan fingerprint density at radius 2 is 0.327 bits per heavy atom. The van der Waals surface area contributed by atoms with Gasteiger partial charge in [-0.15, -0.1) is 0 Å². The lowest BCUT2D eigenvalue weighted by Gasteiger charge is -2.50. The number of hydrogen-bond acceptors (Lipinski definition) is 38. The Hall–Kier alpha value is -3.22. The molecular weight excluding hydrogens is 1330 g/mol. The molecule has 30 fully saturated rings. The van der Waals surface area contributed by atoms with Crippen molar-refractivity contribution in [2.24, 2.45) is 0 Å². The van der Waals surface area contributed by atoms with E-state index in [1.807, 2.05) is 0 Å². The molecule has 0 amide bonds. The van der Waals surface area contributed by atoms with Crippen LogP contribution in [-0.2, 0) is 88.9 Å². The number of aromatic nitrogens is 2. The van der Waals surface area contributed by atoms with Crippen LogP contribution in [0.1, 0.15) is 0 Å². The summed E-state index contributed by atoms with van der Waals surface area (Å²) in [6.07, 6.45) is -73.5. The van der Waals surface area contributed by atoms with Gasteiger partial charge in [-0.1, -0.05) is 12.1 Å². The van der Waals surface area contributed by atoms with E-state index in [1.165, 1.54) is 0 Å². The Labute approximate surface area is 555 Å². The van der Waals surface area contributed by atoms with Gasteiger partial charge < -0.3 is 188 Å². The van der Waals surface area contributed by atoms with E-state index in [-0.39, 0.29) is 13.1 Å². The lowest BCUT2D eigenvalue weighted by molar-refractivity contribution is -0.709. The molecule has 0 unspecified atom stereocenters. The maximum atomic E-state index is 12.1. The van der Waals surface area contributed by atoms with Crippen molar-refractivity contribution >= 4 is 0 Å². The zero-order valence-electron chi connectivity index (χ0n) is 51.8. The quantitative estimate of drug-likeness (QED) is 0.0982. The normalized spacial score (nSPS) is 50.8.